The smallest absolute Gasteiger partial charge is 0.392 e. The number of ether oxygens (including phenoxy) is 1. The summed E-state index contributed by atoms with van der Waals surface area (Å²) in [6, 6.07) is 5.13. The molecule has 0 radical (unpaired) electrons. The van der Waals surface area contributed by atoms with Crippen molar-refractivity contribution in [1.82, 2.24) is 0 Å². The Morgan fingerprint density at radius 2 is 2.06 bits per heavy atom. The second kappa shape index (κ2) is 6.31. The fraction of sp³-hybridized carbons (Fsp3) is 0.385. The second-order valence-electron chi connectivity index (χ2n) is 3.72. The topological polar surface area (TPSA) is 35.2 Å². The van der Waals surface area contributed by atoms with Gasteiger partial charge >= 0.3 is 6.18 Å². The molecule has 1 aromatic carbocycles. The van der Waals surface area contributed by atoms with Gasteiger partial charge in [-0.15, -0.1) is 0 Å². The first-order valence-corrected chi connectivity index (χ1v) is 5.41. The first-order chi connectivity index (χ1) is 8.42. The summed E-state index contributed by atoms with van der Waals surface area (Å²) in [5.74, 6) is 5.79. The van der Waals surface area contributed by atoms with Gasteiger partial charge in [0.05, 0.1) is 25.1 Å². The van der Waals surface area contributed by atoms with Crippen molar-refractivity contribution in [2.75, 3.05) is 13.2 Å². The lowest BCUT2D eigenvalue weighted by Crippen LogP contribution is -2.13. The zero-order valence-electron chi connectivity index (χ0n) is 9.97. The van der Waals surface area contributed by atoms with Crippen LogP contribution in [0.25, 0.3) is 0 Å². The first-order valence-electron chi connectivity index (χ1n) is 5.41. The van der Waals surface area contributed by atoms with Crippen molar-refractivity contribution in [3.63, 3.8) is 0 Å². The number of halogens is 3. The lowest BCUT2D eigenvalue weighted by atomic mass is 10.1. The molecule has 1 rings (SSSR count). The van der Waals surface area contributed by atoms with E-state index >= 15 is 0 Å². The van der Waals surface area contributed by atoms with Gasteiger partial charge in [-0.05, 0) is 24.6 Å². The highest BCUT2D eigenvalue weighted by atomic mass is 19.4. The second-order valence-corrected chi connectivity index (χ2v) is 3.72. The summed E-state index contributed by atoms with van der Waals surface area (Å²) in [6.45, 7) is 1.65. The lowest BCUT2D eigenvalue weighted by Gasteiger charge is -2.10. The van der Waals surface area contributed by atoms with Gasteiger partial charge < -0.3 is 10.5 Å². The third-order valence-electron chi connectivity index (χ3n) is 2.10. The van der Waals surface area contributed by atoms with E-state index in [-0.39, 0.29) is 6.54 Å². The molecule has 0 aliphatic carbocycles. The van der Waals surface area contributed by atoms with Crippen LogP contribution in [0.1, 0.15) is 17.5 Å². The molecule has 0 atom stereocenters. The van der Waals surface area contributed by atoms with Gasteiger partial charge in [0.1, 0.15) is 5.75 Å². The number of aryl methyl sites for hydroxylation is 1. The summed E-state index contributed by atoms with van der Waals surface area (Å²) in [4.78, 5) is 0. The Labute approximate surface area is 104 Å². The molecule has 0 heterocycles. The summed E-state index contributed by atoms with van der Waals surface area (Å²) in [7, 11) is 0. The SMILES string of the molecule is Cc1ccc(OCCC(F)(F)F)c(C#CCN)c1. The van der Waals surface area contributed by atoms with E-state index in [1.807, 2.05) is 6.92 Å². The van der Waals surface area contributed by atoms with Gasteiger partial charge in [0.15, 0.2) is 0 Å². The summed E-state index contributed by atoms with van der Waals surface area (Å²) in [5.41, 5.74) is 6.77. The number of alkyl halides is 3. The highest BCUT2D eigenvalue weighted by Crippen LogP contribution is 2.22. The molecule has 0 aromatic heterocycles. The first kappa shape index (κ1) is 14.4. The molecule has 18 heavy (non-hydrogen) atoms. The highest BCUT2D eigenvalue weighted by molar-refractivity contribution is 5.48. The van der Waals surface area contributed by atoms with E-state index in [1.165, 1.54) is 0 Å². The highest BCUT2D eigenvalue weighted by Gasteiger charge is 2.26. The van der Waals surface area contributed by atoms with Crippen LogP contribution in [0.4, 0.5) is 13.2 Å². The van der Waals surface area contributed by atoms with Crippen LogP contribution in [-0.2, 0) is 0 Å². The van der Waals surface area contributed by atoms with Gasteiger partial charge in [-0.3, -0.25) is 0 Å². The van der Waals surface area contributed by atoms with Crippen LogP contribution in [0.15, 0.2) is 18.2 Å². The summed E-state index contributed by atoms with van der Waals surface area (Å²) in [6.07, 6.45) is -5.20. The molecule has 0 amide bonds. The Morgan fingerprint density at radius 1 is 1.33 bits per heavy atom. The number of hydrogen-bond acceptors (Lipinski definition) is 2. The van der Waals surface area contributed by atoms with Gasteiger partial charge in [-0.1, -0.05) is 17.9 Å². The number of benzene rings is 1. The molecule has 0 unspecified atom stereocenters. The minimum absolute atomic E-state index is 0.190. The molecule has 1 aromatic rings. The van der Waals surface area contributed by atoms with Crippen molar-refractivity contribution in [2.45, 2.75) is 19.5 Å². The van der Waals surface area contributed by atoms with E-state index in [4.69, 9.17) is 10.5 Å². The number of hydrogen-bond donors (Lipinski definition) is 1. The average Bonchev–Trinajstić information content (AvgIpc) is 2.27. The zero-order chi connectivity index (χ0) is 13.6. The molecule has 98 valence electrons. The standard InChI is InChI=1S/C13H14F3NO/c1-10-4-5-12(11(9-10)3-2-7-17)18-8-6-13(14,15)16/h4-5,9H,6-8,17H2,1H3. The van der Waals surface area contributed by atoms with Gasteiger partial charge in [0.25, 0.3) is 0 Å². The summed E-state index contributed by atoms with van der Waals surface area (Å²) >= 11 is 0. The van der Waals surface area contributed by atoms with Crippen molar-refractivity contribution < 1.29 is 17.9 Å². The predicted octanol–water partition coefficient (Wildman–Crippen LogP) is 2.64. The van der Waals surface area contributed by atoms with Gasteiger partial charge in [-0.25, -0.2) is 0 Å². The van der Waals surface area contributed by atoms with Crippen molar-refractivity contribution in [3.8, 4) is 17.6 Å². The Bertz CT molecular complexity index is 458. The fourth-order valence-corrected chi connectivity index (χ4v) is 1.29. The molecule has 0 spiro atoms. The zero-order valence-corrected chi connectivity index (χ0v) is 9.97. The van der Waals surface area contributed by atoms with Gasteiger partial charge in [0.2, 0.25) is 0 Å². The van der Waals surface area contributed by atoms with Crippen LogP contribution in [0.2, 0.25) is 0 Å². The largest absolute Gasteiger partial charge is 0.492 e. The molecule has 0 saturated carbocycles. The van der Waals surface area contributed by atoms with E-state index in [9.17, 15) is 13.2 Å². The van der Waals surface area contributed by atoms with Crippen LogP contribution >= 0.6 is 0 Å². The van der Waals surface area contributed by atoms with Crippen LogP contribution in [0.5, 0.6) is 5.75 Å². The normalized spacial score (nSPS) is 10.7. The Morgan fingerprint density at radius 3 is 2.67 bits per heavy atom. The molecule has 0 bridgehead atoms. The maximum atomic E-state index is 12.0. The van der Waals surface area contributed by atoms with Gasteiger partial charge in [-0.2, -0.15) is 13.2 Å². The van der Waals surface area contributed by atoms with Crippen molar-refractivity contribution in [1.29, 1.82) is 0 Å². The van der Waals surface area contributed by atoms with E-state index in [2.05, 4.69) is 11.8 Å². The third kappa shape index (κ3) is 5.11. The molecule has 0 saturated heterocycles. The van der Waals surface area contributed by atoms with E-state index in [1.54, 1.807) is 18.2 Å². The quantitative estimate of drug-likeness (QED) is 0.845. The van der Waals surface area contributed by atoms with Crippen molar-refractivity contribution in [3.05, 3.63) is 29.3 Å². The predicted molar refractivity (Wildman–Crippen MR) is 63.3 cm³/mol. The molecular formula is C13H14F3NO. The number of nitrogens with two attached hydrogens (primary N) is 1. The molecule has 2 nitrogen and oxygen atoms in total. The molecule has 0 aliphatic heterocycles. The van der Waals surface area contributed by atoms with Crippen molar-refractivity contribution >= 4 is 0 Å². The van der Waals surface area contributed by atoms with Crippen LogP contribution in [-0.4, -0.2) is 19.3 Å². The van der Waals surface area contributed by atoms with Crippen LogP contribution in [0.3, 0.4) is 0 Å². The van der Waals surface area contributed by atoms with Crippen LogP contribution in [0, 0.1) is 18.8 Å². The molecular weight excluding hydrogens is 243 g/mol. The monoisotopic (exact) mass is 257 g/mol. The van der Waals surface area contributed by atoms with E-state index in [0.717, 1.165) is 5.56 Å². The average molecular weight is 257 g/mol. The van der Waals surface area contributed by atoms with E-state index < -0.39 is 19.2 Å². The summed E-state index contributed by atoms with van der Waals surface area (Å²) < 4.78 is 41.1. The van der Waals surface area contributed by atoms with E-state index in [0.29, 0.717) is 11.3 Å². The maximum Gasteiger partial charge on any atom is 0.392 e. The number of rotatable bonds is 3. The Balaban J connectivity index is 2.75. The lowest BCUT2D eigenvalue weighted by molar-refractivity contribution is -0.139. The molecule has 0 fully saturated rings. The Hall–Kier alpha value is -1.67. The third-order valence-corrected chi connectivity index (χ3v) is 2.10. The fourth-order valence-electron chi connectivity index (χ4n) is 1.29. The Kier molecular flexibility index (Phi) is 5.05. The molecule has 5 heteroatoms. The van der Waals surface area contributed by atoms with Crippen LogP contribution < -0.4 is 10.5 Å². The van der Waals surface area contributed by atoms with Crippen molar-refractivity contribution in [2.24, 2.45) is 5.73 Å². The summed E-state index contributed by atoms with van der Waals surface area (Å²) in [5, 5.41) is 0. The van der Waals surface area contributed by atoms with Gasteiger partial charge in [0, 0.05) is 0 Å². The minimum Gasteiger partial charge on any atom is -0.492 e. The molecule has 0 aliphatic rings. The maximum absolute atomic E-state index is 12.0. The minimum atomic E-state index is -4.21. The molecule has 2 N–H and O–H groups in total.